The first-order valence-corrected chi connectivity index (χ1v) is 8.65. The molecule has 0 atom stereocenters. The number of rotatable bonds is 7. The number of carbonyl (C=O) groups excluding carboxylic acids is 2. The number of hydrogen-bond acceptors (Lipinski definition) is 5. The smallest absolute Gasteiger partial charge is 0.329 e. The molecule has 0 saturated heterocycles. The molecule has 2 aromatic rings. The number of amides is 2. The van der Waals surface area contributed by atoms with E-state index in [1.807, 2.05) is 6.07 Å². The average molecular weight is 432 g/mol. The van der Waals surface area contributed by atoms with Crippen molar-refractivity contribution in [1.82, 2.24) is 5.43 Å². The van der Waals surface area contributed by atoms with E-state index in [4.69, 9.17) is 9.47 Å². The first kappa shape index (κ1) is 20.2. The van der Waals surface area contributed by atoms with Gasteiger partial charge in [-0.05, 0) is 30.3 Å². The minimum absolute atomic E-state index is 0.330. The summed E-state index contributed by atoms with van der Waals surface area (Å²) in [6.45, 7) is 3.93. The molecule has 140 valence electrons. The van der Waals surface area contributed by atoms with Gasteiger partial charge in [0.25, 0.3) is 0 Å². The Labute approximate surface area is 165 Å². The van der Waals surface area contributed by atoms with Gasteiger partial charge in [0.05, 0.1) is 19.0 Å². The number of ether oxygens (including phenoxy) is 2. The van der Waals surface area contributed by atoms with Crippen molar-refractivity contribution >= 4 is 39.6 Å². The van der Waals surface area contributed by atoms with Crippen molar-refractivity contribution in [1.29, 1.82) is 0 Å². The van der Waals surface area contributed by atoms with E-state index in [1.54, 1.807) is 42.5 Å². The summed E-state index contributed by atoms with van der Waals surface area (Å²) < 4.78 is 11.4. The van der Waals surface area contributed by atoms with Crippen molar-refractivity contribution < 1.29 is 19.1 Å². The maximum absolute atomic E-state index is 12.0. The number of anilines is 1. The Bertz CT molecular complexity index is 868. The fraction of sp³-hybridized carbons (Fsp3) is 0.105. The molecular formula is C19H18BrN3O4. The van der Waals surface area contributed by atoms with Crippen molar-refractivity contribution in [2.45, 2.75) is 0 Å². The van der Waals surface area contributed by atoms with E-state index < -0.39 is 11.8 Å². The van der Waals surface area contributed by atoms with Gasteiger partial charge in [0.15, 0.2) is 0 Å². The third-order valence-corrected chi connectivity index (χ3v) is 3.75. The Morgan fingerprint density at radius 1 is 1.19 bits per heavy atom. The van der Waals surface area contributed by atoms with Gasteiger partial charge in [-0.15, -0.1) is 0 Å². The minimum atomic E-state index is -0.916. The van der Waals surface area contributed by atoms with E-state index in [1.165, 1.54) is 13.3 Å². The monoisotopic (exact) mass is 431 g/mol. The van der Waals surface area contributed by atoms with Crippen molar-refractivity contribution in [3.8, 4) is 11.5 Å². The zero-order valence-corrected chi connectivity index (χ0v) is 16.2. The Hall–Kier alpha value is -3.13. The number of nitrogens with one attached hydrogen (secondary N) is 2. The van der Waals surface area contributed by atoms with Crippen LogP contribution in [0, 0.1) is 0 Å². The first-order chi connectivity index (χ1) is 13.0. The molecule has 0 aromatic heterocycles. The molecule has 0 heterocycles. The molecule has 2 aromatic carbocycles. The predicted octanol–water partition coefficient (Wildman–Crippen LogP) is 3.11. The highest BCUT2D eigenvalue weighted by molar-refractivity contribution is 9.10. The van der Waals surface area contributed by atoms with E-state index >= 15 is 0 Å². The second kappa shape index (κ2) is 10.1. The second-order valence-corrected chi connectivity index (χ2v) is 6.05. The summed E-state index contributed by atoms with van der Waals surface area (Å²) in [4.78, 5) is 23.9. The number of hydrazone groups is 1. The largest absolute Gasteiger partial charge is 0.495 e. The Morgan fingerprint density at radius 3 is 2.70 bits per heavy atom. The molecule has 7 nitrogen and oxygen atoms in total. The first-order valence-electron chi connectivity index (χ1n) is 7.85. The molecule has 0 aliphatic heterocycles. The van der Waals surface area contributed by atoms with Gasteiger partial charge in [-0.3, -0.25) is 9.59 Å². The number of benzene rings is 2. The number of para-hydroxylation sites is 2. The van der Waals surface area contributed by atoms with Crippen LogP contribution in [0.3, 0.4) is 0 Å². The molecular weight excluding hydrogens is 414 g/mol. The van der Waals surface area contributed by atoms with Crippen LogP contribution in [-0.4, -0.2) is 31.7 Å². The summed E-state index contributed by atoms with van der Waals surface area (Å²) in [5.74, 6) is -0.774. The van der Waals surface area contributed by atoms with Gasteiger partial charge in [-0.1, -0.05) is 40.7 Å². The Morgan fingerprint density at radius 2 is 1.96 bits per heavy atom. The van der Waals surface area contributed by atoms with Crippen LogP contribution >= 0.6 is 15.9 Å². The van der Waals surface area contributed by atoms with Gasteiger partial charge < -0.3 is 14.8 Å². The highest BCUT2D eigenvalue weighted by Crippen LogP contribution is 2.23. The van der Waals surface area contributed by atoms with E-state index in [-0.39, 0.29) is 0 Å². The molecule has 8 heteroatoms. The van der Waals surface area contributed by atoms with Crippen molar-refractivity contribution in [3.63, 3.8) is 0 Å². The lowest BCUT2D eigenvalue weighted by atomic mass is 10.2. The highest BCUT2D eigenvalue weighted by Gasteiger charge is 2.15. The lowest BCUT2D eigenvalue weighted by Gasteiger charge is -2.09. The van der Waals surface area contributed by atoms with Crippen LogP contribution in [0.2, 0.25) is 0 Å². The number of hydrogen-bond donors (Lipinski definition) is 2. The third-order valence-electron chi connectivity index (χ3n) is 3.26. The molecule has 2 rings (SSSR count). The molecule has 0 radical (unpaired) electrons. The quantitative estimate of drug-likeness (QED) is 0.305. The third kappa shape index (κ3) is 5.96. The van der Waals surface area contributed by atoms with Crippen molar-refractivity contribution in [2.75, 3.05) is 19.0 Å². The number of methoxy groups -OCH3 is 1. The number of carbonyl (C=O) groups is 2. The summed E-state index contributed by atoms with van der Waals surface area (Å²) in [5.41, 5.74) is 3.19. The van der Waals surface area contributed by atoms with Gasteiger partial charge in [0.2, 0.25) is 0 Å². The zero-order chi connectivity index (χ0) is 19.6. The summed E-state index contributed by atoms with van der Waals surface area (Å²) in [6, 6.07) is 12.1. The lowest BCUT2D eigenvalue weighted by molar-refractivity contribution is -0.136. The SMILES string of the molecule is C=CCOc1ccc(Br)cc1C=NNC(=O)C(=O)Nc1ccccc1OC. The van der Waals surface area contributed by atoms with E-state index in [0.717, 1.165) is 4.47 Å². The molecule has 0 aliphatic rings. The number of halogens is 1. The maximum atomic E-state index is 12.0. The summed E-state index contributed by atoms with van der Waals surface area (Å²) in [5, 5.41) is 6.28. The highest BCUT2D eigenvalue weighted by atomic mass is 79.9. The average Bonchev–Trinajstić information content (AvgIpc) is 2.67. The Kier molecular flexibility index (Phi) is 7.57. The van der Waals surface area contributed by atoms with Crippen LogP contribution < -0.4 is 20.2 Å². The number of nitrogens with zero attached hydrogens (tertiary/aromatic N) is 1. The van der Waals surface area contributed by atoms with Gasteiger partial charge >= 0.3 is 11.8 Å². The molecule has 0 unspecified atom stereocenters. The molecule has 0 spiro atoms. The normalized spacial score (nSPS) is 10.3. The van der Waals surface area contributed by atoms with Crippen LogP contribution in [0.25, 0.3) is 0 Å². The maximum Gasteiger partial charge on any atom is 0.329 e. The molecule has 27 heavy (non-hydrogen) atoms. The molecule has 0 saturated carbocycles. The van der Waals surface area contributed by atoms with Crippen LogP contribution in [0.1, 0.15) is 5.56 Å². The Balaban J connectivity index is 2.01. The zero-order valence-electron chi connectivity index (χ0n) is 14.6. The molecule has 2 amide bonds. The van der Waals surface area contributed by atoms with E-state index in [2.05, 4.69) is 38.4 Å². The van der Waals surface area contributed by atoms with Gasteiger partial charge in [-0.25, -0.2) is 5.43 Å². The molecule has 2 N–H and O–H groups in total. The second-order valence-electron chi connectivity index (χ2n) is 5.14. The minimum Gasteiger partial charge on any atom is -0.495 e. The van der Waals surface area contributed by atoms with Crippen LogP contribution in [0.4, 0.5) is 5.69 Å². The molecule has 0 bridgehead atoms. The van der Waals surface area contributed by atoms with Crippen molar-refractivity contribution in [3.05, 3.63) is 65.2 Å². The summed E-state index contributed by atoms with van der Waals surface area (Å²) in [7, 11) is 1.47. The predicted molar refractivity (Wildman–Crippen MR) is 107 cm³/mol. The van der Waals surface area contributed by atoms with Crippen LogP contribution in [0.15, 0.2) is 64.7 Å². The standard InChI is InChI=1S/C19H18BrN3O4/c1-3-10-27-16-9-8-14(20)11-13(16)12-21-23-19(25)18(24)22-15-6-4-5-7-17(15)26-2/h3-9,11-12H,1,10H2,2H3,(H,22,24)(H,23,25). The van der Waals surface area contributed by atoms with Crippen molar-refractivity contribution in [2.24, 2.45) is 5.10 Å². The molecule has 0 aliphatic carbocycles. The van der Waals surface area contributed by atoms with Gasteiger partial charge in [0.1, 0.15) is 18.1 Å². The van der Waals surface area contributed by atoms with Crippen LogP contribution in [-0.2, 0) is 9.59 Å². The summed E-state index contributed by atoms with van der Waals surface area (Å²) in [6.07, 6.45) is 3.00. The van der Waals surface area contributed by atoms with Gasteiger partial charge in [0, 0.05) is 10.0 Å². The fourth-order valence-electron chi connectivity index (χ4n) is 2.04. The van der Waals surface area contributed by atoms with Crippen LogP contribution in [0.5, 0.6) is 11.5 Å². The van der Waals surface area contributed by atoms with Gasteiger partial charge in [-0.2, -0.15) is 5.10 Å². The topological polar surface area (TPSA) is 89.0 Å². The lowest BCUT2D eigenvalue weighted by Crippen LogP contribution is -2.32. The molecule has 0 fully saturated rings. The summed E-state index contributed by atoms with van der Waals surface area (Å²) >= 11 is 3.36. The van der Waals surface area contributed by atoms with E-state index in [9.17, 15) is 9.59 Å². The fourth-order valence-corrected chi connectivity index (χ4v) is 2.42. The van der Waals surface area contributed by atoms with E-state index in [0.29, 0.717) is 29.4 Å².